The van der Waals surface area contributed by atoms with Gasteiger partial charge in [0, 0.05) is 18.3 Å². The number of amides is 1. The number of aromatic nitrogens is 2. The third kappa shape index (κ3) is 5.02. The zero-order valence-electron chi connectivity index (χ0n) is 11.4. The van der Waals surface area contributed by atoms with Gasteiger partial charge in [-0.05, 0) is 25.7 Å². The van der Waals surface area contributed by atoms with E-state index < -0.39 is 0 Å². The van der Waals surface area contributed by atoms with Crippen LogP contribution >= 0.6 is 0 Å². The molecule has 0 aliphatic carbocycles. The number of hydrogen-bond acceptors (Lipinski definition) is 2. The van der Waals surface area contributed by atoms with Crippen molar-refractivity contribution in [2.45, 2.75) is 53.5 Å². The summed E-state index contributed by atoms with van der Waals surface area (Å²) in [5.41, 5.74) is 1.21. The molecule has 17 heavy (non-hydrogen) atoms. The number of rotatable bonds is 4. The summed E-state index contributed by atoms with van der Waals surface area (Å²) in [6, 6.07) is -0.0591. The molecule has 1 atom stereocenters. The summed E-state index contributed by atoms with van der Waals surface area (Å²) in [6.07, 6.45) is 3.23. The number of aromatic amines is 1. The monoisotopic (exact) mass is 237 g/mol. The van der Waals surface area contributed by atoms with Crippen LogP contribution in [0.5, 0.6) is 0 Å². The van der Waals surface area contributed by atoms with Crippen molar-refractivity contribution in [2.24, 2.45) is 5.41 Å². The lowest BCUT2D eigenvalue weighted by Gasteiger charge is -2.18. The quantitative estimate of drug-likeness (QED) is 0.846. The first kappa shape index (κ1) is 13.7. The lowest BCUT2D eigenvalue weighted by atomic mass is 9.90. The summed E-state index contributed by atoms with van der Waals surface area (Å²) in [7, 11) is 0. The Morgan fingerprint density at radius 1 is 1.53 bits per heavy atom. The van der Waals surface area contributed by atoms with Crippen molar-refractivity contribution in [2.75, 3.05) is 0 Å². The molecular weight excluding hydrogens is 214 g/mol. The highest BCUT2D eigenvalue weighted by atomic mass is 16.1. The Labute approximate surface area is 103 Å². The van der Waals surface area contributed by atoms with Crippen LogP contribution in [0.2, 0.25) is 0 Å². The molecule has 4 nitrogen and oxygen atoms in total. The zero-order chi connectivity index (χ0) is 13.1. The minimum absolute atomic E-state index is 0.0591. The molecule has 0 radical (unpaired) electrons. The van der Waals surface area contributed by atoms with Gasteiger partial charge in [-0.3, -0.25) is 4.79 Å². The standard InChI is InChI=1S/C13H23N3O/c1-9-8-14-12(15-9)10(2)16-11(17)6-7-13(3,4)5/h8,10H,6-7H2,1-5H3,(H,14,15)(H,16,17)/t10-/m1/s1. The minimum atomic E-state index is -0.0591. The van der Waals surface area contributed by atoms with Crippen molar-refractivity contribution in [1.82, 2.24) is 15.3 Å². The van der Waals surface area contributed by atoms with Gasteiger partial charge in [-0.25, -0.2) is 4.98 Å². The second kappa shape index (κ2) is 5.34. The largest absolute Gasteiger partial charge is 0.346 e. The van der Waals surface area contributed by atoms with Gasteiger partial charge < -0.3 is 10.3 Å². The molecule has 0 saturated carbocycles. The van der Waals surface area contributed by atoms with E-state index in [-0.39, 0.29) is 17.4 Å². The number of nitrogens with zero attached hydrogens (tertiary/aromatic N) is 1. The molecule has 0 bridgehead atoms. The van der Waals surface area contributed by atoms with Crippen LogP contribution < -0.4 is 5.32 Å². The van der Waals surface area contributed by atoms with Gasteiger partial charge in [0.1, 0.15) is 5.82 Å². The maximum Gasteiger partial charge on any atom is 0.220 e. The highest BCUT2D eigenvalue weighted by Crippen LogP contribution is 2.20. The van der Waals surface area contributed by atoms with E-state index in [2.05, 4.69) is 36.1 Å². The minimum Gasteiger partial charge on any atom is -0.346 e. The van der Waals surface area contributed by atoms with Crippen LogP contribution in [0, 0.1) is 12.3 Å². The van der Waals surface area contributed by atoms with Crippen LogP contribution in [0.25, 0.3) is 0 Å². The predicted molar refractivity (Wildman–Crippen MR) is 68.6 cm³/mol. The molecule has 1 aromatic heterocycles. The summed E-state index contributed by atoms with van der Waals surface area (Å²) >= 11 is 0. The number of imidazole rings is 1. The molecule has 0 aliphatic rings. The Morgan fingerprint density at radius 3 is 2.65 bits per heavy atom. The molecule has 96 valence electrons. The highest BCUT2D eigenvalue weighted by molar-refractivity contribution is 5.76. The number of carbonyl (C=O) groups excluding carboxylic acids is 1. The lowest BCUT2D eigenvalue weighted by Crippen LogP contribution is -2.28. The molecule has 0 spiro atoms. The van der Waals surface area contributed by atoms with Gasteiger partial charge in [0.15, 0.2) is 0 Å². The van der Waals surface area contributed by atoms with Gasteiger partial charge in [0.2, 0.25) is 5.91 Å². The Balaban J connectivity index is 2.41. The topological polar surface area (TPSA) is 57.8 Å². The molecule has 0 saturated heterocycles. The molecule has 0 aliphatic heterocycles. The van der Waals surface area contributed by atoms with Crippen LogP contribution in [0.1, 0.15) is 58.1 Å². The van der Waals surface area contributed by atoms with E-state index >= 15 is 0 Å². The maximum absolute atomic E-state index is 11.7. The third-order valence-electron chi connectivity index (χ3n) is 2.61. The molecule has 2 N–H and O–H groups in total. The number of H-pyrrole nitrogens is 1. The number of hydrogen-bond donors (Lipinski definition) is 2. The Morgan fingerprint density at radius 2 is 2.18 bits per heavy atom. The SMILES string of the molecule is Cc1cnc([C@@H](C)NC(=O)CCC(C)(C)C)[nH]1. The molecule has 1 aromatic rings. The first-order valence-electron chi connectivity index (χ1n) is 6.09. The van der Waals surface area contributed by atoms with Gasteiger partial charge in [-0.1, -0.05) is 20.8 Å². The van der Waals surface area contributed by atoms with Gasteiger partial charge in [0.05, 0.1) is 6.04 Å². The van der Waals surface area contributed by atoms with E-state index in [1.807, 2.05) is 13.8 Å². The number of carbonyl (C=O) groups is 1. The van der Waals surface area contributed by atoms with E-state index in [1.165, 1.54) is 0 Å². The van der Waals surface area contributed by atoms with Crippen LogP contribution in [0.3, 0.4) is 0 Å². The van der Waals surface area contributed by atoms with Crippen molar-refractivity contribution < 1.29 is 4.79 Å². The Hall–Kier alpha value is -1.32. The van der Waals surface area contributed by atoms with Gasteiger partial charge in [-0.2, -0.15) is 0 Å². The molecule has 0 fully saturated rings. The maximum atomic E-state index is 11.7. The lowest BCUT2D eigenvalue weighted by molar-refractivity contribution is -0.122. The molecule has 0 unspecified atom stereocenters. The van der Waals surface area contributed by atoms with Crippen LogP contribution in [-0.2, 0) is 4.79 Å². The van der Waals surface area contributed by atoms with Crippen molar-refractivity contribution in [3.05, 3.63) is 17.7 Å². The van der Waals surface area contributed by atoms with E-state index in [1.54, 1.807) is 6.20 Å². The fourth-order valence-corrected chi connectivity index (χ4v) is 1.52. The summed E-state index contributed by atoms with van der Waals surface area (Å²) in [6.45, 7) is 10.3. The zero-order valence-corrected chi connectivity index (χ0v) is 11.4. The third-order valence-corrected chi connectivity index (χ3v) is 2.61. The van der Waals surface area contributed by atoms with Crippen molar-refractivity contribution >= 4 is 5.91 Å². The van der Waals surface area contributed by atoms with Gasteiger partial charge in [0.25, 0.3) is 0 Å². The summed E-state index contributed by atoms with van der Waals surface area (Å²) in [5.74, 6) is 0.896. The van der Waals surface area contributed by atoms with Crippen LogP contribution in [0.4, 0.5) is 0 Å². The van der Waals surface area contributed by atoms with Crippen molar-refractivity contribution in [3.8, 4) is 0 Å². The first-order valence-corrected chi connectivity index (χ1v) is 6.09. The fraction of sp³-hybridized carbons (Fsp3) is 0.692. The van der Waals surface area contributed by atoms with Crippen molar-refractivity contribution in [3.63, 3.8) is 0 Å². The summed E-state index contributed by atoms with van der Waals surface area (Å²) in [5, 5.41) is 2.95. The molecule has 0 aromatic carbocycles. The van der Waals surface area contributed by atoms with Crippen LogP contribution in [-0.4, -0.2) is 15.9 Å². The van der Waals surface area contributed by atoms with Gasteiger partial charge in [-0.15, -0.1) is 0 Å². The first-order chi connectivity index (χ1) is 7.78. The average molecular weight is 237 g/mol. The predicted octanol–water partition coefficient (Wildman–Crippen LogP) is 2.72. The molecule has 1 rings (SSSR count). The normalized spacial score (nSPS) is 13.5. The second-order valence-electron chi connectivity index (χ2n) is 5.80. The smallest absolute Gasteiger partial charge is 0.220 e. The molecular formula is C13H23N3O. The van der Waals surface area contributed by atoms with Crippen LogP contribution in [0.15, 0.2) is 6.20 Å². The highest BCUT2D eigenvalue weighted by Gasteiger charge is 2.15. The van der Waals surface area contributed by atoms with Crippen molar-refractivity contribution in [1.29, 1.82) is 0 Å². The Bertz CT molecular complexity index is 376. The molecule has 4 heteroatoms. The Kier molecular flexibility index (Phi) is 4.32. The second-order valence-corrected chi connectivity index (χ2v) is 5.80. The molecule has 1 amide bonds. The van der Waals surface area contributed by atoms with Gasteiger partial charge >= 0.3 is 0 Å². The average Bonchev–Trinajstić information content (AvgIpc) is 2.61. The number of nitrogens with one attached hydrogen (secondary N) is 2. The van der Waals surface area contributed by atoms with E-state index in [9.17, 15) is 4.79 Å². The van der Waals surface area contributed by atoms with E-state index in [0.717, 1.165) is 17.9 Å². The van der Waals surface area contributed by atoms with E-state index in [0.29, 0.717) is 6.42 Å². The van der Waals surface area contributed by atoms with E-state index in [4.69, 9.17) is 0 Å². The fourth-order valence-electron chi connectivity index (χ4n) is 1.52. The summed E-state index contributed by atoms with van der Waals surface area (Å²) in [4.78, 5) is 19.1. The molecule has 1 heterocycles. The number of aryl methyl sites for hydroxylation is 1. The summed E-state index contributed by atoms with van der Waals surface area (Å²) < 4.78 is 0.